The number of amides is 3. The van der Waals surface area contributed by atoms with Crippen molar-refractivity contribution in [2.24, 2.45) is 0 Å². The van der Waals surface area contributed by atoms with Crippen molar-refractivity contribution < 1.29 is 14.4 Å². The Morgan fingerprint density at radius 2 is 1.29 bits per heavy atom. The molecule has 3 N–H and O–H groups in total. The summed E-state index contributed by atoms with van der Waals surface area (Å²) >= 11 is 0. The minimum Gasteiger partial charge on any atom is -0.326 e. The summed E-state index contributed by atoms with van der Waals surface area (Å²) in [7, 11) is 0. The highest BCUT2D eigenvalue weighted by Crippen LogP contribution is 2.24. The Balaban J connectivity index is 2.14. The van der Waals surface area contributed by atoms with Crippen LogP contribution in [0.2, 0.25) is 0 Å². The Hall–Kier alpha value is -3.15. The summed E-state index contributed by atoms with van der Waals surface area (Å²) in [6.07, 6.45) is 0. The fourth-order valence-electron chi connectivity index (χ4n) is 2.20. The lowest BCUT2D eigenvalue weighted by atomic mass is 10.1. The summed E-state index contributed by atoms with van der Waals surface area (Å²) in [5, 5.41) is 8.19. The van der Waals surface area contributed by atoms with E-state index in [4.69, 9.17) is 0 Å². The molecule has 2 aromatic carbocycles. The van der Waals surface area contributed by atoms with E-state index in [0.29, 0.717) is 22.6 Å². The molecule has 6 nitrogen and oxygen atoms in total. The summed E-state index contributed by atoms with van der Waals surface area (Å²) in [5.74, 6) is -0.611. The molecule has 3 amide bonds. The maximum Gasteiger partial charge on any atom is 0.255 e. The lowest BCUT2D eigenvalue weighted by Gasteiger charge is -2.13. The largest absolute Gasteiger partial charge is 0.326 e. The van der Waals surface area contributed by atoms with Gasteiger partial charge in [0.15, 0.2) is 0 Å². The third-order valence-electron chi connectivity index (χ3n) is 3.36. The quantitative estimate of drug-likeness (QED) is 0.807. The second-order valence-corrected chi connectivity index (χ2v) is 5.37. The Morgan fingerprint density at radius 1 is 0.750 bits per heavy atom. The first-order chi connectivity index (χ1) is 11.4. The van der Waals surface area contributed by atoms with Gasteiger partial charge in [-0.2, -0.15) is 0 Å². The van der Waals surface area contributed by atoms with Gasteiger partial charge in [0.1, 0.15) is 0 Å². The molecular weight excluding hydrogens is 306 g/mol. The maximum absolute atomic E-state index is 12.3. The first-order valence-corrected chi connectivity index (χ1v) is 7.43. The van der Waals surface area contributed by atoms with E-state index < -0.39 is 0 Å². The topological polar surface area (TPSA) is 87.3 Å². The van der Waals surface area contributed by atoms with Crippen molar-refractivity contribution in [3.63, 3.8) is 0 Å². The lowest BCUT2D eigenvalue weighted by Crippen LogP contribution is -2.14. The third kappa shape index (κ3) is 4.42. The highest BCUT2D eigenvalue weighted by atomic mass is 16.2. The molecule has 0 unspecified atom stereocenters. The van der Waals surface area contributed by atoms with Crippen molar-refractivity contribution in [2.45, 2.75) is 20.8 Å². The van der Waals surface area contributed by atoms with E-state index in [-0.39, 0.29) is 17.7 Å². The zero-order valence-electron chi connectivity index (χ0n) is 13.8. The summed E-state index contributed by atoms with van der Waals surface area (Å²) in [6.45, 7) is 4.67. The van der Waals surface area contributed by atoms with Gasteiger partial charge in [0.05, 0.1) is 0 Å². The summed E-state index contributed by atoms with van der Waals surface area (Å²) in [4.78, 5) is 34.5. The minimum atomic E-state index is -0.271. The highest BCUT2D eigenvalue weighted by Gasteiger charge is 2.10. The van der Waals surface area contributed by atoms with Crippen molar-refractivity contribution in [2.75, 3.05) is 16.0 Å². The van der Waals surface area contributed by atoms with E-state index in [0.717, 1.165) is 5.56 Å². The SMILES string of the molecule is CC(=O)Nc1ccc(C(=O)Nc2cccc(NC(C)=O)c2C)cc1. The van der Waals surface area contributed by atoms with Gasteiger partial charge in [-0.15, -0.1) is 0 Å². The number of benzene rings is 2. The minimum absolute atomic E-state index is 0.169. The summed E-state index contributed by atoms with van der Waals surface area (Å²) in [5.41, 5.74) is 3.14. The molecule has 0 fully saturated rings. The van der Waals surface area contributed by atoms with Crippen LogP contribution in [0.1, 0.15) is 29.8 Å². The first-order valence-electron chi connectivity index (χ1n) is 7.43. The molecule has 124 valence electrons. The third-order valence-corrected chi connectivity index (χ3v) is 3.36. The number of hydrogen-bond donors (Lipinski definition) is 3. The van der Waals surface area contributed by atoms with E-state index in [9.17, 15) is 14.4 Å². The smallest absolute Gasteiger partial charge is 0.255 e. The molecule has 2 rings (SSSR count). The van der Waals surface area contributed by atoms with Crippen LogP contribution in [0.25, 0.3) is 0 Å². The number of rotatable bonds is 4. The Labute approximate surface area is 140 Å². The molecule has 0 heterocycles. The standard InChI is InChI=1S/C18H19N3O3/c1-11-16(20-13(3)23)5-4-6-17(11)21-18(24)14-7-9-15(10-8-14)19-12(2)22/h4-10H,1-3H3,(H,19,22)(H,20,23)(H,21,24). The number of hydrogen-bond acceptors (Lipinski definition) is 3. The normalized spacial score (nSPS) is 9.96. The molecule has 0 atom stereocenters. The monoisotopic (exact) mass is 325 g/mol. The van der Waals surface area contributed by atoms with Crippen LogP contribution in [0.5, 0.6) is 0 Å². The molecule has 0 aliphatic carbocycles. The van der Waals surface area contributed by atoms with E-state index in [1.165, 1.54) is 13.8 Å². The van der Waals surface area contributed by atoms with Gasteiger partial charge in [-0.25, -0.2) is 0 Å². The second kappa shape index (κ2) is 7.41. The van der Waals surface area contributed by atoms with Crippen LogP contribution in [0, 0.1) is 6.92 Å². The van der Waals surface area contributed by atoms with E-state index in [2.05, 4.69) is 16.0 Å². The van der Waals surface area contributed by atoms with E-state index >= 15 is 0 Å². The molecule has 0 spiro atoms. The van der Waals surface area contributed by atoms with Gasteiger partial charge in [-0.1, -0.05) is 6.07 Å². The fourth-order valence-corrected chi connectivity index (χ4v) is 2.20. The molecule has 0 radical (unpaired) electrons. The number of carbonyl (C=O) groups is 3. The van der Waals surface area contributed by atoms with Gasteiger partial charge >= 0.3 is 0 Å². The molecular formula is C18H19N3O3. The zero-order valence-corrected chi connectivity index (χ0v) is 13.8. The molecule has 0 bridgehead atoms. The number of anilines is 3. The average molecular weight is 325 g/mol. The molecule has 6 heteroatoms. The van der Waals surface area contributed by atoms with Gasteiger partial charge in [0.2, 0.25) is 11.8 Å². The van der Waals surface area contributed by atoms with Crippen LogP contribution >= 0.6 is 0 Å². The van der Waals surface area contributed by atoms with Crippen LogP contribution in [0.4, 0.5) is 17.1 Å². The van der Waals surface area contributed by atoms with E-state index in [1.54, 1.807) is 42.5 Å². The fraction of sp³-hybridized carbons (Fsp3) is 0.167. The zero-order chi connectivity index (χ0) is 17.7. The van der Waals surface area contributed by atoms with E-state index in [1.807, 2.05) is 6.92 Å². The van der Waals surface area contributed by atoms with Gasteiger partial charge < -0.3 is 16.0 Å². The number of carbonyl (C=O) groups excluding carboxylic acids is 3. The van der Waals surface area contributed by atoms with Crippen molar-refractivity contribution in [3.8, 4) is 0 Å². The van der Waals surface area contributed by atoms with Gasteiger partial charge in [-0.05, 0) is 48.9 Å². The number of nitrogens with one attached hydrogen (secondary N) is 3. The lowest BCUT2D eigenvalue weighted by molar-refractivity contribution is -0.115. The Morgan fingerprint density at radius 3 is 1.83 bits per heavy atom. The molecule has 0 saturated carbocycles. The molecule has 0 saturated heterocycles. The first kappa shape index (κ1) is 17.2. The predicted molar refractivity (Wildman–Crippen MR) is 94.2 cm³/mol. The molecule has 24 heavy (non-hydrogen) atoms. The second-order valence-electron chi connectivity index (χ2n) is 5.37. The van der Waals surface area contributed by atoms with Crippen LogP contribution in [0.15, 0.2) is 42.5 Å². The van der Waals surface area contributed by atoms with Crippen LogP contribution in [-0.2, 0) is 9.59 Å². The van der Waals surface area contributed by atoms with Crippen molar-refractivity contribution in [3.05, 3.63) is 53.6 Å². The maximum atomic E-state index is 12.3. The van der Waals surface area contributed by atoms with Crippen LogP contribution in [0.3, 0.4) is 0 Å². The highest BCUT2D eigenvalue weighted by molar-refractivity contribution is 6.05. The van der Waals surface area contributed by atoms with Crippen molar-refractivity contribution in [1.82, 2.24) is 0 Å². The van der Waals surface area contributed by atoms with Gasteiger partial charge in [0.25, 0.3) is 5.91 Å². The van der Waals surface area contributed by atoms with Crippen LogP contribution in [-0.4, -0.2) is 17.7 Å². The average Bonchev–Trinajstić information content (AvgIpc) is 2.51. The van der Waals surface area contributed by atoms with Gasteiger partial charge in [-0.3, -0.25) is 14.4 Å². The van der Waals surface area contributed by atoms with Gasteiger partial charge in [0, 0.05) is 36.5 Å². The van der Waals surface area contributed by atoms with Crippen LogP contribution < -0.4 is 16.0 Å². The summed E-state index contributed by atoms with van der Waals surface area (Å²) in [6, 6.07) is 11.9. The summed E-state index contributed by atoms with van der Waals surface area (Å²) < 4.78 is 0. The molecule has 2 aromatic rings. The predicted octanol–water partition coefficient (Wildman–Crippen LogP) is 3.16. The van der Waals surface area contributed by atoms with Crippen molar-refractivity contribution >= 4 is 34.8 Å². The van der Waals surface area contributed by atoms with Crippen molar-refractivity contribution in [1.29, 1.82) is 0 Å². The molecule has 0 aliphatic rings. The Bertz CT molecular complexity index is 783. The molecule has 0 aliphatic heterocycles. The molecule has 0 aromatic heterocycles. The Kier molecular flexibility index (Phi) is 5.31.